The van der Waals surface area contributed by atoms with Crippen molar-refractivity contribution in [2.24, 2.45) is 5.73 Å². The molecule has 1 atom stereocenters. The molecule has 0 aliphatic carbocycles. The normalized spacial score (nSPS) is 20.4. The van der Waals surface area contributed by atoms with Crippen LogP contribution in [-0.4, -0.2) is 19.1 Å². The highest BCUT2D eigenvalue weighted by Crippen LogP contribution is 2.30. The van der Waals surface area contributed by atoms with Gasteiger partial charge in [0.2, 0.25) is 0 Å². The Bertz CT molecular complexity index is 360. The lowest BCUT2D eigenvalue weighted by molar-refractivity contribution is 0.617. The van der Waals surface area contributed by atoms with Crippen molar-refractivity contribution >= 4 is 5.69 Å². The molecule has 1 unspecified atom stereocenters. The summed E-state index contributed by atoms with van der Waals surface area (Å²) in [7, 11) is 0. The van der Waals surface area contributed by atoms with Crippen molar-refractivity contribution in [2.75, 3.05) is 18.0 Å². The van der Waals surface area contributed by atoms with Gasteiger partial charge in [-0.2, -0.15) is 0 Å². The zero-order valence-electron chi connectivity index (χ0n) is 10.4. The summed E-state index contributed by atoms with van der Waals surface area (Å²) in [5.74, 6) is 0. The van der Waals surface area contributed by atoms with E-state index >= 15 is 0 Å². The Morgan fingerprint density at radius 3 is 2.94 bits per heavy atom. The molecule has 0 saturated carbocycles. The van der Waals surface area contributed by atoms with Crippen molar-refractivity contribution in [1.82, 2.24) is 0 Å². The molecule has 0 amide bonds. The number of anilines is 1. The molecule has 0 bridgehead atoms. The standard InChI is InChI=1S/C14H22N2/c1-11-5-3-7-14(12(11)2)16-10-4-6-13(16)8-9-15/h3,5,7,13H,4,6,8-10,15H2,1-2H3. The fraction of sp³-hybridized carbons (Fsp3) is 0.571. The summed E-state index contributed by atoms with van der Waals surface area (Å²) < 4.78 is 0. The zero-order valence-corrected chi connectivity index (χ0v) is 10.4. The van der Waals surface area contributed by atoms with Crippen LogP contribution in [0.5, 0.6) is 0 Å². The lowest BCUT2D eigenvalue weighted by Crippen LogP contribution is -2.31. The highest BCUT2D eigenvalue weighted by molar-refractivity contribution is 5.57. The first-order valence-corrected chi connectivity index (χ1v) is 6.27. The molecule has 1 aliphatic rings. The van der Waals surface area contributed by atoms with Crippen LogP contribution < -0.4 is 10.6 Å². The molecule has 1 heterocycles. The maximum absolute atomic E-state index is 5.69. The Labute approximate surface area is 98.4 Å². The van der Waals surface area contributed by atoms with Crippen molar-refractivity contribution in [3.8, 4) is 0 Å². The molecule has 88 valence electrons. The number of rotatable bonds is 3. The van der Waals surface area contributed by atoms with Crippen molar-refractivity contribution in [1.29, 1.82) is 0 Å². The highest BCUT2D eigenvalue weighted by Gasteiger charge is 2.24. The summed E-state index contributed by atoms with van der Waals surface area (Å²) in [5, 5.41) is 0. The Morgan fingerprint density at radius 1 is 1.38 bits per heavy atom. The van der Waals surface area contributed by atoms with E-state index in [-0.39, 0.29) is 0 Å². The maximum Gasteiger partial charge on any atom is 0.0401 e. The lowest BCUT2D eigenvalue weighted by atomic mass is 10.1. The van der Waals surface area contributed by atoms with E-state index in [1.165, 1.54) is 36.2 Å². The Hall–Kier alpha value is -1.02. The lowest BCUT2D eigenvalue weighted by Gasteiger charge is -2.28. The van der Waals surface area contributed by atoms with Gasteiger partial charge in [0.25, 0.3) is 0 Å². The summed E-state index contributed by atoms with van der Waals surface area (Å²) in [6.07, 6.45) is 3.72. The van der Waals surface area contributed by atoms with Crippen LogP contribution >= 0.6 is 0 Å². The Kier molecular flexibility index (Phi) is 3.49. The third-order valence-electron chi connectivity index (χ3n) is 3.76. The van der Waals surface area contributed by atoms with Gasteiger partial charge in [0.1, 0.15) is 0 Å². The van der Waals surface area contributed by atoms with Gasteiger partial charge in [-0.1, -0.05) is 12.1 Å². The maximum atomic E-state index is 5.69. The van der Waals surface area contributed by atoms with Gasteiger partial charge in [-0.3, -0.25) is 0 Å². The van der Waals surface area contributed by atoms with Crippen LogP contribution in [0.1, 0.15) is 30.4 Å². The number of hydrogen-bond donors (Lipinski definition) is 1. The van der Waals surface area contributed by atoms with E-state index in [2.05, 4.69) is 36.9 Å². The summed E-state index contributed by atoms with van der Waals surface area (Å²) in [6.45, 7) is 6.40. The van der Waals surface area contributed by atoms with Crippen LogP contribution in [0.15, 0.2) is 18.2 Å². The second-order valence-electron chi connectivity index (χ2n) is 4.79. The van der Waals surface area contributed by atoms with Gasteiger partial charge in [0, 0.05) is 18.3 Å². The van der Waals surface area contributed by atoms with Gasteiger partial charge in [-0.05, 0) is 56.8 Å². The topological polar surface area (TPSA) is 29.3 Å². The molecular weight excluding hydrogens is 196 g/mol. The van der Waals surface area contributed by atoms with Gasteiger partial charge in [-0.15, -0.1) is 0 Å². The largest absolute Gasteiger partial charge is 0.368 e. The molecule has 0 aromatic heterocycles. The second-order valence-corrected chi connectivity index (χ2v) is 4.79. The van der Waals surface area contributed by atoms with Crippen LogP contribution in [0.3, 0.4) is 0 Å². The van der Waals surface area contributed by atoms with Crippen molar-refractivity contribution in [2.45, 2.75) is 39.2 Å². The van der Waals surface area contributed by atoms with Crippen LogP contribution in [0.4, 0.5) is 5.69 Å². The molecule has 2 N–H and O–H groups in total. The van der Waals surface area contributed by atoms with Crippen LogP contribution in [-0.2, 0) is 0 Å². The summed E-state index contributed by atoms with van der Waals surface area (Å²) in [5.41, 5.74) is 9.91. The van der Waals surface area contributed by atoms with Crippen molar-refractivity contribution in [3.63, 3.8) is 0 Å². The van der Waals surface area contributed by atoms with Gasteiger partial charge < -0.3 is 10.6 Å². The van der Waals surface area contributed by atoms with Crippen LogP contribution in [0, 0.1) is 13.8 Å². The minimum absolute atomic E-state index is 0.658. The van der Waals surface area contributed by atoms with Crippen LogP contribution in [0.2, 0.25) is 0 Å². The molecular formula is C14H22N2. The minimum Gasteiger partial charge on any atom is -0.368 e. The predicted molar refractivity (Wildman–Crippen MR) is 70.0 cm³/mol. The summed E-state index contributed by atoms with van der Waals surface area (Å²) >= 11 is 0. The zero-order chi connectivity index (χ0) is 11.5. The van der Waals surface area contributed by atoms with E-state index in [0.717, 1.165) is 13.0 Å². The van der Waals surface area contributed by atoms with Gasteiger partial charge in [0.15, 0.2) is 0 Å². The third kappa shape index (κ3) is 2.07. The second kappa shape index (κ2) is 4.88. The van der Waals surface area contributed by atoms with E-state index in [9.17, 15) is 0 Å². The molecule has 1 fully saturated rings. The molecule has 2 nitrogen and oxygen atoms in total. The molecule has 16 heavy (non-hydrogen) atoms. The number of hydrogen-bond acceptors (Lipinski definition) is 2. The fourth-order valence-electron chi connectivity index (χ4n) is 2.69. The first-order valence-electron chi connectivity index (χ1n) is 6.27. The molecule has 1 aromatic rings. The summed E-state index contributed by atoms with van der Waals surface area (Å²) in [6, 6.07) is 7.25. The van der Waals surface area contributed by atoms with Gasteiger partial charge in [0.05, 0.1) is 0 Å². The number of nitrogens with two attached hydrogens (primary N) is 1. The molecule has 1 saturated heterocycles. The van der Waals surface area contributed by atoms with E-state index in [1.807, 2.05) is 0 Å². The van der Waals surface area contributed by atoms with E-state index in [4.69, 9.17) is 5.73 Å². The first-order chi connectivity index (χ1) is 7.74. The minimum atomic E-state index is 0.658. The smallest absolute Gasteiger partial charge is 0.0401 e. The van der Waals surface area contributed by atoms with Gasteiger partial charge >= 0.3 is 0 Å². The number of benzene rings is 1. The third-order valence-corrected chi connectivity index (χ3v) is 3.76. The fourth-order valence-corrected chi connectivity index (χ4v) is 2.69. The summed E-state index contributed by atoms with van der Waals surface area (Å²) in [4.78, 5) is 2.55. The van der Waals surface area contributed by atoms with E-state index in [0.29, 0.717) is 6.04 Å². The molecule has 0 spiro atoms. The highest BCUT2D eigenvalue weighted by atomic mass is 15.2. The molecule has 0 radical (unpaired) electrons. The van der Waals surface area contributed by atoms with Crippen molar-refractivity contribution in [3.05, 3.63) is 29.3 Å². The van der Waals surface area contributed by atoms with Gasteiger partial charge in [-0.25, -0.2) is 0 Å². The van der Waals surface area contributed by atoms with Crippen LogP contribution in [0.25, 0.3) is 0 Å². The van der Waals surface area contributed by atoms with E-state index in [1.54, 1.807) is 0 Å². The first kappa shape index (κ1) is 11.5. The molecule has 2 heteroatoms. The Balaban J connectivity index is 2.25. The SMILES string of the molecule is Cc1cccc(N2CCCC2CCN)c1C. The quantitative estimate of drug-likeness (QED) is 0.845. The molecule has 1 aliphatic heterocycles. The Morgan fingerprint density at radius 2 is 2.19 bits per heavy atom. The van der Waals surface area contributed by atoms with E-state index < -0.39 is 0 Å². The van der Waals surface area contributed by atoms with Crippen molar-refractivity contribution < 1.29 is 0 Å². The number of nitrogens with zero attached hydrogens (tertiary/aromatic N) is 1. The number of aryl methyl sites for hydroxylation is 1. The predicted octanol–water partition coefficient (Wildman–Crippen LogP) is 2.62. The molecule has 2 rings (SSSR count). The average molecular weight is 218 g/mol. The average Bonchev–Trinajstić information content (AvgIpc) is 2.71. The molecule has 1 aromatic carbocycles. The monoisotopic (exact) mass is 218 g/mol.